The molecule has 1 fully saturated rings. The summed E-state index contributed by atoms with van der Waals surface area (Å²) in [5.74, 6) is -2.87. The Kier molecular flexibility index (Phi) is 1.96. The molecule has 0 spiro atoms. The van der Waals surface area contributed by atoms with Crippen molar-refractivity contribution in [2.75, 3.05) is 4.90 Å². The number of nitrogens with zero attached hydrogens (tertiary/aromatic N) is 1. The average Bonchev–Trinajstić information content (AvgIpc) is 2.43. The van der Waals surface area contributed by atoms with Gasteiger partial charge in [-0.15, -0.1) is 0 Å². The minimum atomic E-state index is -1.08. The maximum absolute atomic E-state index is 13.2. The van der Waals surface area contributed by atoms with Gasteiger partial charge in [0.05, 0.1) is 5.69 Å². The van der Waals surface area contributed by atoms with Crippen molar-refractivity contribution in [3.05, 3.63) is 30.1 Å². The lowest BCUT2D eigenvalue weighted by Crippen LogP contribution is -2.31. The van der Waals surface area contributed by atoms with Gasteiger partial charge in [0.2, 0.25) is 0 Å². The van der Waals surface area contributed by atoms with Gasteiger partial charge in [-0.1, -0.05) is 12.1 Å². The highest BCUT2D eigenvalue weighted by atomic mass is 19.1. The molecule has 0 bridgehead atoms. The smallest absolute Gasteiger partial charge is 0.269 e. The zero-order valence-corrected chi connectivity index (χ0v) is 7.36. The fourth-order valence-electron chi connectivity index (χ4n) is 1.25. The molecule has 15 heavy (non-hydrogen) atoms. The Morgan fingerprint density at radius 3 is 2.33 bits per heavy atom. The number of benzene rings is 1. The highest BCUT2D eigenvalue weighted by Gasteiger charge is 2.39. The average molecular weight is 208 g/mol. The van der Waals surface area contributed by atoms with Gasteiger partial charge >= 0.3 is 17.8 Å². The lowest BCUT2D eigenvalue weighted by atomic mass is 10.3. The third kappa shape index (κ3) is 1.35. The van der Waals surface area contributed by atoms with E-state index in [1.807, 2.05) is 0 Å². The van der Waals surface area contributed by atoms with Crippen LogP contribution in [-0.4, -0.2) is 17.8 Å². The van der Waals surface area contributed by atoms with Gasteiger partial charge in [-0.25, -0.2) is 14.1 Å². The van der Waals surface area contributed by atoms with Crippen molar-refractivity contribution in [2.24, 2.45) is 0 Å². The minimum absolute atomic E-state index is 0.231. The topological polar surface area (TPSA) is 66.5 Å². The molecule has 4 amide bonds. The molecular formula is C9H5FN2O3. The van der Waals surface area contributed by atoms with Gasteiger partial charge in [-0.05, 0) is 12.1 Å². The first-order valence-electron chi connectivity index (χ1n) is 4.05. The van der Waals surface area contributed by atoms with E-state index in [0.29, 0.717) is 4.90 Å². The first-order chi connectivity index (χ1) is 7.11. The molecule has 0 saturated carbocycles. The van der Waals surface area contributed by atoms with E-state index >= 15 is 0 Å². The summed E-state index contributed by atoms with van der Waals surface area (Å²) < 4.78 is 13.2. The molecule has 1 aromatic carbocycles. The van der Waals surface area contributed by atoms with Gasteiger partial charge in [0, 0.05) is 0 Å². The molecule has 6 heteroatoms. The van der Waals surface area contributed by atoms with Crippen LogP contribution in [-0.2, 0) is 9.59 Å². The largest absolute Gasteiger partial charge is 0.336 e. The fourth-order valence-corrected chi connectivity index (χ4v) is 1.25. The second kappa shape index (κ2) is 3.16. The third-order valence-corrected chi connectivity index (χ3v) is 1.91. The Labute approximate surface area is 83.5 Å². The molecule has 76 valence electrons. The predicted molar refractivity (Wildman–Crippen MR) is 47.4 cm³/mol. The molecule has 0 aromatic heterocycles. The van der Waals surface area contributed by atoms with E-state index in [9.17, 15) is 18.8 Å². The van der Waals surface area contributed by atoms with Crippen molar-refractivity contribution in [1.29, 1.82) is 0 Å². The number of amides is 4. The lowest BCUT2D eigenvalue weighted by Gasteiger charge is -2.11. The van der Waals surface area contributed by atoms with E-state index in [4.69, 9.17) is 0 Å². The second-order valence-electron chi connectivity index (χ2n) is 2.85. The number of anilines is 1. The van der Waals surface area contributed by atoms with Crippen LogP contribution in [0.4, 0.5) is 14.9 Å². The summed E-state index contributed by atoms with van der Waals surface area (Å²) in [6, 6.07) is 4.28. The first kappa shape index (κ1) is 9.32. The Morgan fingerprint density at radius 2 is 1.80 bits per heavy atom. The molecule has 0 atom stereocenters. The summed E-state index contributed by atoms with van der Waals surface area (Å²) in [6.45, 7) is 0. The predicted octanol–water partition coefficient (Wildman–Crippen LogP) is 0.409. The molecule has 0 radical (unpaired) electrons. The lowest BCUT2D eigenvalue weighted by molar-refractivity contribution is -0.134. The van der Waals surface area contributed by atoms with Crippen molar-refractivity contribution in [2.45, 2.75) is 0 Å². The number of imide groups is 2. The van der Waals surface area contributed by atoms with Crippen molar-refractivity contribution >= 4 is 23.5 Å². The molecule has 2 rings (SSSR count). The summed E-state index contributed by atoms with van der Waals surface area (Å²) >= 11 is 0. The van der Waals surface area contributed by atoms with Gasteiger partial charge in [-0.3, -0.25) is 14.9 Å². The van der Waals surface area contributed by atoms with E-state index in [0.717, 1.165) is 6.07 Å². The minimum Gasteiger partial charge on any atom is -0.269 e. The van der Waals surface area contributed by atoms with E-state index in [-0.39, 0.29) is 5.69 Å². The quantitative estimate of drug-likeness (QED) is 0.536. The van der Waals surface area contributed by atoms with E-state index in [2.05, 4.69) is 0 Å². The number of halogens is 1. The fraction of sp³-hybridized carbons (Fsp3) is 0. The third-order valence-electron chi connectivity index (χ3n) is 1.91. The Morgan fingerprint density at radius 1 is 1.13 bits per heavy atom. The molecular weight excluding hydrogens is 203 g/mol. The Bertz CT molecular complexity index is 472. The van der Waals surface area contributed by atoms with Gasteiger partial charge in [-0.2, -0.15) is 0 Å². The van der Waals surface area contributed by atoms with Crippen LogP contribution < -0.4 is 10.2 Å². The summed E-state index contributed by atoms with van der Waals surface area (Å²) in [5.41, 5.74) is -0.231. The summed E-state index contributed by atoms with van der Waals surface area (Å²) in [4.78, 5) is 33.7. The van der Waals surface area contributed by atoms with Crippen molar-refractivity contribution in [1.82, 2.24) is 5.32 Å². The highest BCUT2D eigenvalue weighted by Crippen LogP contribution is 2.20. The maximum atomic E-state index is 13.2. The van der Waals surface area contributed by atoms with Crippen molar-refractivity contribution in [3.8, 4) is 0 Å². The number of carbonyl (C=O) groups is 3. The summed E-state index contributed by atoms with van der Waals surface area (Å²) in [6.07, 6.45) is 0. The van der Waals surface area contributed by atoms with Crippen LogP contribution >= 0.6 is 0 Å². The Balaban J connectivity index is 2.48. The molecule has 1 aromatic rings. The molecule has 0 aliphatic carbocycles. The van der Waals surface area contributed by atoms with E-state index < -0.39 is 23.7 Å². The molecule has 1 saturated heterocycles. The van der Waals surface area contributed by atoms with Gasteiger partial charge < -0.3 is 0 Å². The number of carbonyl (C=O) groups excluding carboxylic acids is 3. The molecule has 5 nitrogen and oxygen atoms in total. The zero-order valence-electron chi connectivity index (χ0n) is 7.36. The summed E-state index contributed by atoms with van der Waals surface area (Å²) in [5, 5.41) is 1.77. The van der Waals surface area contributed by atoms with Gasteiger partial charge in [0.15, 0.2) is 0 Å². The molecule has 1 N–H and O–H groups in total. The SMILES string of the molecule is O=C1NC(=O)N(c2ccccc2F)C1=O. The van der Waals surface area contributed by atoms with Gasteiger partial charge in [0.25, 0.3) is 0 Å². The highest BCUT2D eigenvalue weighted by molar-refractivity contribution is 6.53. The standard InChI is InChI=1S/C9H5FN2O3/c10-5-3-1-2-4-6(5)12-8(14)7(13)11-9(12)15/h1-4H,(H,11,13,15). The van der Waals surface area contributed by atoms with Gasteiger partial charge in [0.1, 0.15) is 5.82 Å². The molecule has 1 heterocycles. The Hall–Kier alpha value is -2.24. The van der Waals surface area contributed by atoms with Crippen LogP contribution in [0, 0.1) is 5.82 Å². The van der Waals surface area contributed by atoms with Crippen LogP contribution in [0.3, 0.4) is 0 Å². The zero-order chi connectivity index (χ0) is 11.0. The van der Waals surface area contributed by atoms with Crippen LogP contribution in [0.25, 0.3) is 0 Å². The monoisotopic (exact) mass is 208 g/mol. The second-order valence-corrected chi connectivity index (χ2v) is 2.85. The van der Waals surface area contributed by atoms with Crippen molar-refractivity contribution in [3.63, 3.8) is 0 Å². The van der Waals surface area contributed by atoms with Crippen LogP contribution in [0.2, 0.25) is 0 Å². The summed E-state index contributed by atoms with van der Waals surface area (Å²) in [7, 11) is 0. The van der Waals surface area contributed by atoms with E-state index in [1.54, 1.807) is 5.32 Å². The van der Waals surface area contributed by atoms with Crippen LogP contribution in [0.15, 0.2) is 24.3 Å². The number of urea groups is 1. The number of hydrogen-bond acceptors (Lipinski definition) is 3. The van der Waals surface area contributed by atoms with Crippen LogP contribution in [0.5, 0.6) is 0 Å². The molecule has 1 aliphatic rings. The van der Waals surface area contributed by atoms with E-state index in [1.165, 1.54) is 18.2 Å². The number of nitrogens with one attached hydrogen (secondary N) is 1. The maximum Gasteiger partial charge on any atom is 0.336 e. The molecule has 0 unspecified atom stereocenters. The molecule has 1 aliphatic heterocycles. The number of hydrogen-bond donors (Lipinski definition) is 1. The normalized spacial score (nSPS) is 15.8. The number of rotatable bonds is 1. The number of para-hydroxylation sites is 1. The van der Waals surface area contributed by atoms with Crippen LogP contribution in [0.1, 0.15) is 0 Å². The van der Waals surface area contributed by atoms with Crippen molar-refractivity contribution < 1.29 is 18.8 Å². The first-order valence-corrected chi connectivity index (χ1v) is 4.05.